The van der Waals surface area contributed by atoms with Crippen LogP contribution in [0.3, 0.4) is 0 Å². The maximum Gasteiger partial charge on any atom is 0.265 e. The van der Waals surface area contributed by atoms with Crippen molar-refractivity contribution < 1.29 is 14.3 Å². The number of fused-ring (bicyclic) bond motifs is 1. The number of methoxy groups -OCH3 is 1. The Kier molecular flexibility index (Phi) is 4.30. The average Bonchev–Trinajstić information content (AvgIpc) is 2.94. The van der Waals surface area contributed by atoms with Crippen molar-refractivity contribution in [3.63, 3.8) is 0 Å². The lowest BCUT2D eigenvalue weighted by molar-refractivity contribution is 0.0961. The molecule has 5 heteroatoms. The Hall–Kier alpha value is -2.79. The van der Waals surface area contributed by atoms with Crippen LogP contribution in [0, 0.1) is 0 Å². The van der Waals surface area contributed by atoms with Gasteiger partial charge in [0.25, 0.3) is 5.91 Å². The van der Waals surface area contributed by atoms with E-state index in [1.807, 2.05) is 48.5 Å². The number of nitrogens with zero attached hydrogens (tertiary/aromatic N) is 1. The van der Waals surface area contributed by atoms with Crippen LogP contribution < -0.4 is 10.5 Å². The Morgan fingerprint density at radius 3 is 2.61 bits per heavy atom. The average molecular weight is 310 g/mol. The van der Waals surface area contributed by atoms with E-state index in [0.29, 0.717) is 18.1 Å². The maximum absolute atomic E-state index is 11.7. The summed E-state index contributed by atoms with van der Waals surface area (Å²) in [6.07, 6.45) is 0. The van der Waals surface area contributed by atoms with Gasteiger partial charge in [-0.15, -0.1) is 0 Å². The lowest BCUT2D eigenvalue weighted by Gasteiger charge is -2.09. The van der Waals surface area contributed by atoms with Gasteiger partial charge < -0.3 is 19.8 Å². The summed E-state index contributed by atoms with van der Waals surface area (Å²) in [7, 11) is 1.58. The monoisotopic (exact) mass is 310 g/mol. The molecule has 1 amide bonds. The van der Waals surface area contributed by atoms with Crippen LogP contribution >= 0.6 is 0 Å². The predicted molar refractivity (Wildman–Crippen MR) is 88.2 cm³/mol. The molecule has 0 radical (unpaired) electrons. The quantitative estimate of drug-likeness (QED) is 0.761. The van der Waals surface area contributed by atoms with Gasteiger partial charge in [0.2, 0.25) is 0 Å². The van der Waals surface area contributed by atoms with Gasteiger partial charge >= 0.3 is 0 Å². The SMILES string of the molecule is COCn1c(C(N)=O)cc2c(OCc3ccccc3)cccc21. The molecule has 5 nitrogen and oxygen atoms in total. The van der Waals surface area contributed by atoms with Gasteiger partial charge in [-0.3, -0.25) is 4.79 Å². The zero-order chi connectivity index (χ0) is 16.2. The first-order valence-electron chi connectivity index (χ1n) is 7.28. The normalized spacial score (nSPS) is 10.8. The summed E-state index contributed by atoms with van der Waals surface area (Å²) >= 11 is 0. The highest BCUT2D eigenvalue weighted by molar-refractivity contribution is 5.99. The second-order valence-electron chi connectivity index (χ2n) is 5.20. The Morgan fingerprint density at radius 1 is 1.13 bits per heavy atom. The van der Waals surface area contributed by atoms with E-state index in [-0.39, 0.29) is 6.73 Å². The lowest BCUT2D eigenvalue weighted by atomic mass is 10.2. The molecule has 0 aliphatic carbocycles. The first-order chi connectivity index (χ1) is 11.2. The van der Waals surface area contributed by atoms with Crippen LogP contribution in [0.25, 0.3) is 10.9 Å². The lowest BCUT2D eigenvalue weighted by Crippen LogP contribution is -2.17. The molecule has 1 aromatic heterocycles. The van der Waals surface area contributed by atoms with E-state index in [9.17, 15) is 4.79 Å². The highest BCUT2D eigenvalue weighted by atomic mass is 16.5. The Bertz CT molecular complexity index is 825. The third-order valence-electron chi connectivity index (χ3n) is 3.65. The van der Waals surface area contributed by atoms with Crippen molar-refractivity contribution in [3.05, 3.63) is 65.9 Å². The number of carbonyl (C=O) groups excluding carboxylic acids is 1. The van der Waals surface area contributed by atoms with E-state index < -0.39 is 5.91 Å². The standard InChI is InChI=1S/C18H18N2O3/c1-22-12-20-15-8-5-9-17(14(15)10-16(20)18(19)21)23-11-13-6-3-2-4-7-13/h2-10H,11-12H2,1H3,(H2,19,21). The molecule has 0 aliphatic rings. The second-order valence-corrected chi connectivity index (χ2v) is 5.20. The van der Waals surface area contributed by atoms with Gasteiger partial charge in [-0.1, -0.05) is 36.4 Å². The van der Waals surface area contributed by atoms with Crippen molar-refractivity contribution in [1.82, 2.24) is 4.57 Å². The fraction of sp³-hybridized carbons (Fsp3) is 0.167. The summed E-state index contributed by atoms with van der Waals surface area (Å²) < 4.78 is 12.8. The van der Waals surface area contributed by atoms with Gasteiger partial charge in [-0.2, -0.15) is 0 Å². The third kappa shape index (κ3) is 3.05. The molecular weight excluding hydrogens is 292 g/mol. The number of benzene rings is 2. The van der Waals surface area contributed by atoms with Gasteiger partial charge in [0.15, 0.2) is 0 Å². The summed E-state index contributed by atoms with van der Waals surface area (Å²) in [5, 5.41) is 0.842. The molecule has 2 N–H and O–H groups in total. The minimum absolute atomic E-state index is 0.254. The molecule has 0 unspecified atom stereocenters. The van der Waals surface area contributed by atoms with Gasteiger partial charge in [0.1, 0.15) is 24.8 Å². The molecule has 2 aromatic carbocycles. The summed E-state index contributed by atoms with van der Waals surface area (Å²) in [5.41, 5.74) is 7.80. The number of aromatic nitrogens is 1. The minimum atomic E-state index is -0.493. The first kappa shape index (κ1) is 15.1. The van der Waals surface area contributed by atoms with E-state index in [0.717, 1.165) is 16.5 Å². The van der Waals surface area contributed by atoms with Crippen LogP contribution in [0.15, 0.2) is 54.6 Å². The molecule has 0 saturated carbocycles. The zero-order valence-electron chi connectivity index (χ0n) is 12.9. The number of nitrogens with two attached hydrogens (primary N) is 1. The molecule has 3 aromatic rings. The smallest absolute Gasteiger partial charge is 0.265 e. The highest BCUT2D eigenvalue weighted by Gasteiger charge is 2.15. The number of rotatable bonds is 6. The zero-order valence-corrected chi connectivity index (χ0v) is 12.9. The topological polar surface area (TPSA) is 66.5 Å². The number of amides is 1. The number of primary amides is 1. The van der Waals surface area contributed by atoms with Gasteiger partial charge in [-0.05, 0) is 23.8 Å². The molecule has 0 fully saturated rings. The number of carbonyl (C=O) groups is 1. The Morgan fingerprint density at radius 2 is 1.91 bits per heavy atom. The molecule has 0 atom stereocenters. The second kappa shape index (κ2) is 6.54. The van der Waals surface area contributed by atoms with E-state index in [1.165, 1.54) is 0 Å². The fourth-order valence-electron chi connectivity index (χ4n) is 2.59. The van der Waals surface area contributed by atoms with Crippen LogP contribution in [0.4, 0.5) is 0 Å². The van der Waals surface area contributed by atoms with Crippen molar-refractivity contribution in [2.24, 2.45) is 5.73 Å². The first-order valence-corrected chi connectivity index (χ1v) is 7.28. The third-order valence-corrected chi connectivity index (χ3v) is 3.65. The predicted octanol–water partition coefficient (Wildman–Crippen LogP) is 2.92. The Balaban J connectivity index is 1.98. The van der Waals surface area contributed by atoms with Gasteiger partial charge in [-0.25, -0.2) is 0 Å². The molecule has 0 bridgehead atoms. The molecule has 118 valence electrons. The minimum Gasteiger partial charge on any atom is -0.488 e. The number of hydrogen-bond donors (Lipinski definition) is 1. The van der Waals surface area contributed by atoms with E-state index in [2.05, 4.69) is 0 Å². The number of ether oxygens (including phenoxy) is 2. The van der Waals surface area contributed by atoms with Crippen LogP contribution in [-0.4, -0.2) is 17.6 Å². The molecule has 23 heavy (non-hydrogen) atoms. The van der Waals surface area contributed by atoms with Crippen molar-refractivity contribution in [1.29, 1.82) is 0 Å². The molecule has 1 heterocycles. The summed E-state index contributed by atoms with van der Waals surface area (Å²) in [5.74, 6) is 0.218. The summed E-state index contributed by atoms with van der Waals surface area (Å²) in [6, 6.07) is 17.4. The van der Waals surface area contributed by atoms with Crippen LogP contribution in [0.2, 0.25) is 0 Å². The van der Waals surface area contributed by atoms with Crippen LogP contribution in [0.5, 0.6) is 5.75 Å². The summed E-state index contributed by atoms with van der Waals surface area (Å²) in [6.45, 7) is 0.714. The highest BCUT2D eigenvalue weighted by Crippen LogP contribution is 2.29. The van der Waals surface area contributed by atoms with Crippen molar-refractivity contribution in [2.75, 3.05) is 7.11 Å². The Labute approximate surface area is 134 Å². The van der Waals surface area contributed by atoms with E-state index >= 15 is 0 Å². The molecule has 0 spiro atoms. The largest absolute Gasteiger partial charge is 0.488 e. The van der Waals surface area contributed by atoms with Crippen molar-refractivity contribution in [2.45, 2.75) is 13.3 Å². The fourth-order valence-corrected chi connectivity index (χ4v) is 2.59. The van der Waals surface area contributed by atoms with Crippen LogP contribution in [0.1, 0.15) is 16.1 Å². The van der Waals surface area contributed by atoms with Gasteiger partial charge in [0.05, 0.1) is 5.52 Å². The summed E-state index contributed by atoms with van der Waals surface area (Å²) in [4.78, 5) is 11.7. The van der Waals surface area contributed by atoms with E-state index in [4.69, 9.17) is 15.2 Å². The van der Waals surface area contributed by atoms with Crippen LogP contribution in [-0.2, 0) is 18.1 Å². The molecule has 3 rings (SSSR count). The number of hydrogen-bond acceptors (Lipinski definition) is 3. The maximum atomic E-state index is 11.7. The van der Waals surface area contributed by atoms with Crippen molar-refractivity contribution in [3.8, 4) is 5.75 Å². The van der Waals surface area contributed by atoms with Crippen molar-refractivity contribution >= 4 is 16.8 Å². The van der Waals surface area contributed by atoms with Gasteiger partial charge in [0, 0.05) is 12.5 Å². The molecule has 0 saturated heterocycles. The molecule has 0 aliphatic heterocycles. The van der Waals surface area contributed by atoms with E-state index in [1.54, 1.807) is 17.7 Å². The molecular formula is C18H18N2O3.